The van der Waals surface area contributed by atoms with Gasteiger partial charge < -0.3 is 25.0 Å². The minimum absolute atomic E-state index is 0.151. The van der Waals surface area contributed by atoms with Crippen molar-refractivity contribution in [2.45, 2.75) is 65.0 Å². The van der Waals surface area contributed by atoms with Gasteiger partial charge in [-0.25, -0.2) is 18.0 Å². The summed E-state index contributed by atoms with van der Waals surface area (Å²) < 4.78 is 40.0. The van der Waals surface area contributed by atoms with Crippen LogP contribution in [0, 0.1) is 11.3 Å². The summed E-state index contributed by atoms with van der Waals surface area (Å²) in [6.45, 7) is 11.7. The van der Waals surface area contributed by atoms with Gasteiger partial charge in [0.25, 0.3) is 10.0 Å². The van der Waals surface area contributed by atoms with Gasteiger partial charge in [-0.15, -0.1) is 0 Å². The van der Waals surface area contributed by atoms with Crippen molar-refractivity contribution in [1.29, 1.82) is 0 Å². The van der Waals surface area contributed by atoms with Crippen LogP contribution in [0.1, 0.15) is 48.5 Å². The van der Waals surface area contributed by atoms with Crippen LogP contribution in [0.25, 0.3) is 10.8 Å². The van der Waals surface area contributed by atoms with Crippen molar-refractivity contribution in [2.24, 2.45) is 11.3 Å². The van der Waals surface area contributed by atoms with E-state index in [1.165, 1.54) is 0 Å². The van der Waals surface area contributed by atoms with Gasteiger partial charge in [-0.05, 0) is 76.9 Å². The van der Waals surface area contributed by atoms with Gasteiger partial charge in [0.1, 0.15) is 18.2 Å². The summed E-state index contributed by atoms with van der Waals surface area (Å²) in [5, 5.41) is 6.73. The molecule has 45 heavy (non-hydrogen) atoms. The Kier molecular flexibility index (Phi) is 10.8. The fraction of sp³-hybridized carbons (Fsp3) is 0.424. The largest absolute Gasteiger partial charge is 0.463 e. The first-order valence-electron chi connectivity index (χ1n) is 14.6. The quantitative estimate of drug-likeness (QED) is 0.225. The van der Waals surface area contributed by atoms with E-state index in [-0.39, 0.29) is 17.4 Å². The zero-order chi connectivity index (χ0) is 33.7. The van der Waals surface area contributed by atoms with Crippen LogP contribution >= 0.6 is 0 Å². The van der Waals surface area contributed by atoms with E-state index in [1.54, 1.807) is 90.9 Å². The van der Waals surface area contributed by atoms with Crippen molar-refractivity contribution in [1.82, 2.24) is 5.32 Å². The first-order chi connectivity index (χ1) is 20.8. The molecule has 0 aliphatic heterocycles. The van der Waals surface area contributed by atoms with Crippen molar-refractivity contribution >= 4 is 55.8 Å². The zero-order valence-electron chi connectivity index (χ0n) is 27.3. The molecule has 0 bridgehead atoms. The Labute approximate surface area is 265 Å². The summed E-state index contributed by atoms with van der Waals surface area (Å²) in [6, 6.07) is 16.0. The van der Waals surface area contributed by atoms with Gasteiger partial charge in [-0.3, -0.25) is 9.52 Å². The van der Waals surface area contributed by atoms with Crippen LogP contribution in [0.5, 0.6) is 0 Å². The number of carbonyl (C=O) groups is 3. The molecule has 3 N–H and O–H groups in total. The Hall–Kier alpha value is -4.32. The summed E-state index contributed by atoms with van der Waals surface area (Å²) in [5.41, 5.74) is -0.206. The van der Waals surface area contributed by atoms with E-state index in [4.69, 9.17) is 9.47 Å². The highest BCUT2D eigenvalue weighted by Gasteiger charge is 2.33. The number of hydrogen-bond donors (Lipinski definition) is 3. The van der Waals surface area contributed by atoms with Gasteiger partial charge >= 0.3 is 12.1 Å². The smallest absolute Gasteiger partial charge is 0.408 e. The molecule has 0 fully saturated rings. The minimum atomic E-state index is -3.93. The van der Waals surface area contributed by atoms with Crippen LogP contribution in [0.4, 0.5) is 21.9 Å². The monoisotopic (exact) mass is 640 g/mol. The molecule has 12 heteroatoms. The topological polar surface area (TPSA) is 143 Å². The number of rotatable bonds is 11. The molecule has 3 aromatic rings. The molecule has 0 saturated heterocycles. The van der Waals surface area contributed by atoms with Crippen molar-refractivity contribution in [3.63, 3.8) is 0 Å². The molecule has 3 aromatic carbocycles. The van der Waals surface area contributed by atoms with Crippen LogP contribution in [-0.2, 0) is 29.1 Å². The fourth-order valence-electron chi connectivity index (χ4n) is 4.36. The average molecular weight is 641 g/mol. The number of alkyl carbamates (subject to hydrolysis) is 1. The molecule has 1 atom stereocenters. The molecule has 2 amide bonds. The molecule has 3 rings (SSSR count). The van der Waals surface area contributed by atoms with E-state index < -0.39 is 45.1 Å². The number of benzene rings is 3. The molecule has 0 saturated carbocycles. The van der Waals surface area contributed by atoms with Gasteiger partial charge in [-0.2, -0.15) is 0 Å². The Morgan fingerprint density at radius 1 is 0.844 bits per heavy atom. The van der Waals surface area contributed by atoms with Crippen LogP contribution in [0.15, 0.2) is 65.6 Å². The Morgan fingerprint density at radius 2 is 1.42 bits per heavy atom. The van der Waals surface area contributed by atoms with Gasteiger partial charge in [0.15, 0.2) is 0 Å². The first kappa shape index (κ1) is 35.2. The maximum atomic E-state index is 13.4. The third kappa shape index (κ3) is 9.34. The number of fused-ring (bicyclic) bond motifs is 1. The fourth-order valence-corrected chi connectivity index (χ4v) is 5.64. The van der Waals surface area contributed by atoms with Gasteiger partial charge in [0, 0.05) is 41.9 Å². The zero-order valence-corrected chi connectivity index (χ0v) is 28.2. The SMILES string of the molecule is CC(C)[C@H](NC(=O)OC(C)(C)C)C(=O)OCC(C)(C)C(=O)Nc1ccc(NS(=O)(=O)c2cccc3c(N(C)C)cccc23)cc1. The second-order valence-electron chi connectivity index (χ2n) is 13.0. The van der Waals surface area contributed by atoms with E-state index in [2.05, 4.69) is 15.4 Å². The van der Waals surface area contributed by atoms with Crippen molar-refractivity contribution < 1.29 is 32.3 Å². The van der Waals surface area contributed by atoms with Crippen LogP contribution in [0.3, 0.4) is 0 Å². The number of esters is 1. The lowest BCUT2D eigenvalue weighted by molar-refractivity contribution is -0.152. The standard InChI is InChI=1S/C33H44N4O7S/c1-21(2)28(35-31(40)44-32(3,4)5)29(38)43-20-33(6,7)30(39)34-22-16-18-23(19-17-22)36-45(41,42)27-15-11-12-24-25(27)13-10-14-26(24)37(8)9/h10-19,21,28,36H,20H2,1-9H3,(H,34,39)(H,35,40)/t28-/m0/s1. The average Bonchev–Trinajstić information content (AvgIpc) is 2.93. The minimum Gasteiger partial charge on any atom is -0.463 e. The number of sulfonamides is 1. The van der Waals surface area contributed by atoms with Gasteiger partial charge in [-0.1, -0.05) is 38.1 Å². The van der Waals surface area contributed by atoms with E-state index in [9.17, 15) is 22.8 Å². The highest BCUT2D eigenvalue weighted by molar-refractivity contribution is 7.93. The van der Waals surface area contributed by atoms with Crippen molar-refractivity contribution in [3.05, 3.63) is 60.7 Å². The number of hydrogen-bond acceptors (Lipinski definition) is 8. The molecule has 0 aliphatic carbocycles. The number of carbonyl (C=O) groups excluding carboxylic acids is 3. The third-order valence-electron chi connectivity index (χ3n) is 6.81. The number of ether oxygens (including phenoxy) is 2. The molecule has 0 unspecified atom stereocenters. The highest BCUT2D eigenvalue weighted by Crippen LogP contribution is 2.31. The molecule has 0 radical (unpaired) electrons. The first-order valence-corrected chi connectivity index (χ1v) is 16.1. The summed E-state index contributed by atoms with van der Waals surface area (Å²) in [6.07, 6.45) is -0.739. The second kappa shape index (κ2) is 13.8. The van der Waals surface area contributed by atoms with E-state index in [0.717, 1.165) is 11.1 Å². The number of amides is 2. The van der Waals surface area contributed by atoms with E-state index in [0.29, 0.717) is 16.8 Å². The molecule has 11 nitrogen and oxygen atoms in total. The molecular formula is C33H44N4O7S. The van der Waals surface area contributed by atoms with E-state index >= 15 is 0 Å². The molecule has 0 aliphatic rings. The maximum Gasteiger partial charge on any atom is 0.408 e. The Morgan fingerprint density at radius 3 is 2.00 bits per heavy atom. The molecule has 0 spiro atoms. The van der Waals surface area contributed by atoms with Gasteiger partial charge in [0.2, 0.25) is 5.91 Å². The molecule has 244 valence electrons. The summed E-state index contributed by atoms with van der Waals surface area (Å²) in [7, 11) is -0.126. The number of nitrogens with zero attached hydrogens (tertiary/aromatic N) is 1. The number of anilines is 3. The van der Waals surface area contributed by atoms with Crippen LogP contribution in [0.2, 0.25) is 0 Å². The van der Waals surface area contributed by atoms with Crippen LogP contribution < -0.4 is 20.3 Å². The predicted octanol–water partition coefficient (Wildman–Crippen LogP) is 5.76. The van der Waals surface area contributed by atoms with Crippen LogP contribution in [-0.4, -0.2) is 58.7 Å². The summed E-state index contributed by atoms with van der Waals surface area (Å²) in [4.78, 5) is 40.2. The summed E-state index contributed by atoms with van der Waals surface area (Å²) in [5.74, 6) is -1.39. The Bertz CT molecular complexity index is 1640. The summed E-state index contributed by atoms with van der Waals surface area (Å²) >= 11 is 0. The van der Waals surface area contributed by atoms with Gasteiger partial charge in [0.05, 0.1) is 10.3 Å². The molecule has 0 aromatic heterocycles. The lowest BCUT2D eigenvalue weighted by Crippen LogP contribution is -2.48. The third-order valence-corrected chi connectivity index (χ3v) is 8.25. The molecule has 0 heterocycles. The maximum absolute atomic E-state index is 13.4. The lowest BCUT2D eigenvalue weighted by atomic mass is 9.93. The molecular weight excluding hydrogens is 596 g/mol. The highest BCUT2D eigenvalue weighted by atomic mass is 32.2. The normalized spacial score (nSPS) is 12.8. The Balaban J connectivity index is 1.64. The lowest BCUT2D eigenvalue weighted by Gasteiger charge is -2.27. The van der Waals surface area contributed by atoms with Crippen molar-refractivity contribution in [3.8, 4) is 0 Å². The number of nitrogens with one attached hydrogen (secondary N) is 3. The second-order valence-corrected chi connectivity index (χ2v) is 14.7. The van der Waals surface area contributed by atoms with E-state index in [1.807, 2.05) is 37.2 Å². The van der Waals surface area contributed by atoms with Crippen molar-refractivity contribution in [2.75, 3.05) is 35.6 Å². The predicted molar refractivity (Wildman–Crippen MR) is 177 cm³/mol.